The highest BCUT2D eigenvalue weighted by Crippen LogP contribution is 2.54. The summed E-state index contributed by atoms with van der Waals surface area (Å²) in [6, 6.07) is 15.4. The number of fused-ring (bicyclic) bond motifs is 2. The zero-order valence-electron chi connectivity index (χ0n) is 18.9. The van der Waals surface area contributed by atoms with Gasteiger partial charge in [-0.1, -0.05) is 71.8 Å². The van der Waals surface area contributed by atoms with E-state index in [9.17, 15) is 19.2 Å². The summed E-state index contributed by atoms with van der Waals surface area (Å²) in [5, 5.41) is 0. The summed E-state index contributed by atoms with van der Waals surface area (Å²) in [5.41, 5.74) is 3.03. The van der Waals surface area contributed by atoms with Crippen molar-refractivity contribution < 1.29 is 19.2 Å². The van der Waals surface area contributed by atoms with Crippen LogP contribution in [0.25, 0.3) is 11.6 Å². The van der Waals surface area contributed by atoms with Crippen molar-refractivity contribution in [2.45, 2.75) is 13.8 Å². The molecule has 0 aliphatic heterocycles. The second-order valence-electron chi connectivity index (χ2n) is 8.97. The molecule has 5 rings (SSSR count). The van der Waals surface area contributed by atoms with Gasteiger partial charge in [0.1, 0.15) is 0 Å². The minimum atomic E-state index is -1.44. The summed E-state index contributed by atoms with van der Waals surface area (Å²) < 4.78 is 0. The Morgan fingerprint density at radius 2 is 1.50 bits per heavy atom. The lowest BCUT2D eigenvalue weighted by Crippen LogP contribution is -2.48. The monoisotopic (exact) mass is 446 g/mol. The maximum absolute atomic E-state index is 13.7. The average Bonchev–Trinajstić information content (AvgIpc) is 2.82. The number of hydrogen-bond donors (Lipinski definition) is 0. The molecule has 0 radical (unpaired) electrons. The molecule has 0 aromatic heterocycles. The molecule has 0 N–H and O–H groups in total. The van der Waals surface area contributed by atoms with E-state index in [1.54, 1.807) is 12.2 Å². The first-order valence-electron chi connectivity index (χ1n) is 11.1. The molecule has 0 fully saturated rings. The highest BCUT2D eigenvalue weighted by molar-refractivity contribution is 6.29. The van der Waals surface area contributed by atoms with Gasteiger partial charge in [-0.25, -0.2) is 0 Å². The molecular formula is C30H22O4. The quantitative estimate of drug-likeness (QED) is 0.640. The molecule has 0 amide bonds. The van der Waals surface area contributed by atoms with Crippen LogP contribution >= 0.6 is 0 Å². The largest absolute Gasteiger partial charge is 0.294 e. The normalized spacial score (nSPS) is 23.9. The van der Waals surface area contributed by atoms with Crippen molar-refractivity contribution in [1.82, 2.24) is 0 Å². The zero-order chi connectivity index (χ0) is 24.0. The SMILES string of the molecule is Cc1cccc(/C=C/C23C(=O)C=CC(=O)C2C2=C(C=C3c3cccc(C)c3)C(=O)C=CC2=O)c1. The molecule has 0 bridgehead atoms. The Kier molecular flexibility index (Phi) is 5.09. The Balaban J connectivity index is 1.83. The summed E-state index contributed by atoms with van der Waals surface area (Å²) in [4.78, 5) is 53.0. The second kappa shape index (κ2) is 7.99. The molecule has 3 aliphatic carbocycles. The van der Waals surface area contributed by atoms with Gasteiger partial charge in [-0.2, -0.15) is 0 Å². The first kappa shape index (κ1) is 21.7. The molecule has 2 aromatic rings. The van der Waals surface area contributed by atoms with E-state index in [-0.39, 0.29) is 28.5 Å². The zero-order valence-corrected chi connectivity index (χ0v) is 18.9. The minimum Gasteiger partial charge on any atom is -0.294 e. The van der Waals surface area contributed by atoms with Crippen LogP contribution in [-0.4, -0.2) is 23.1 Å². The summed E-state index contributed by atoms with van der Waals surface area (Å²) in [6.45, 7) is 3.92. The molecule has 4 heteroatoms. The number of rotatable bonds is 3. The topological polar surface area (TPSA) is 68.3 Å². The Morgan fingerprint density at radius 3 is 2.24 bits per heavy atom. The van der Waals surface area contributed by atoms with Crippen LogP contribution in [-0.2, 0) is 19.2 Å². The van der Waals surface area contributed by atoms with Crippen molar-refractivity contribution in [1.29, 1.82) is 0 Å². The van der Waals surface area contributed by atoms with E-state index in [2.05, 4.69) is 0 Å². The average molecular weight is 447 g/mol. The molecule has 0 saturated carbocycles. The molecule has 2 unspecified atom stereocenters. The summed E-state index contributed by atoms with van der Waals surface area (Å²) >= 11 is 0. The van der Waals surface area contributed by atoms with Gasteiger partial charge in [0.05, 0.1) is 11.3 Å². The second-order valence-corrected chi connectivity index (χ2v) is 8.97. The number of ketones is 4. The van der Waals surface area contributed by atoms with E-state index in [1.165, 1.54) is 24.3 Å². The maximum Gasteiger partial charge on any atom is 0.186 e. The van der Waals surface area contributed by atoms with Gasteiger partial charge in [0.2, 0.25) is 0 Å². The third-order valence-corrected chi connectivity index (χ3v) is 6.69. The Morgan fingerprint density at radius 1 is 0.794 bits per heavy atom. The van der Waals surface area contributed by atoms with Gasteiger partial charge in [0.15, 0.2) is 23.1 Å². The predicted molar refractivity (Wildman–Crippen MR) is 131 cm³/mol. The van der Waals surface area contributed by atoms with Gasteiger partial charge >= 0.3 is 0 Å². The van der Waals surface area contributed by atoms with E-state index in [0.717, 1.165) is 22.3 Å². The van der Waals surface area contributed by atoms with Crippen LogP contribution in [0.3, 0.4) is 0 Å². The van der Waals surface area contributed by atoms with E-state index in [4.69, 9.17) is 0 Å². The lowest BCUT2D eigenvalue weighted by atomic mass is 9.55. The van der Waals surface area contributed by atoms with Crippen LogP contribution in [0.1, 0.15) is 22.3 Å². The fourth-order valence-electron chi connectivity index (χ4n) is 5.13. The highest BCUT2D eigenvalue weighted by Gasteiger charge is 2.56. The number of benzene rings is 2. The van der Waals surface area contributed by atoms with Crippen molar-refractivity contribution in [3.05, 3.63) is 118 Å². The molecule has 3 aliphatic rings. The maximum atomic E-state index is 13.7. The first-order chi connectivity index (χ1) is 16.3. The first-order valence-corrected chi connectivity index (χ1v) is 11.1. The van der Waals surface area contributed by atoms with Gasteiger partial charge in [0.25, 0.3) is 0 Å². The van der Waals surface area contributed by atoms with Crippen molar-refractivity contribution in [3.63, 3.8) is 0 Å². The molecule has 0 saturated heterocycles. The summed E-state index contributed by atoms with van der Waals surface area (Å²) in [6.07, 6.45) is 10.1. The third kappa shape index (κ3) is 3.30. The van der Waals surface area contributed by atoms with Crippen LogP contribution in [0.4, 0.5) is 0 Å². The van der Waals surface area contributed by atoms with Crippen LogP contribution in [0.15, 0.2) is 96.1 Å². The van der Waals surface area contributed by atoms with Crippen LogP contribution < -0.4 is 0 Å². The van der Waals surface area contributed by atoms with E-state index >= 15 is 0 Å². The molecule has 166 valence electrons. The number of hydrogen-bond acceptors (Lipinski definition) is 4. The van der Waals surface area contributed by atoms with Crippen LogP contribution in [0.2, 0.25) is 0 Å². The lowest BCUT2D eigenvalue weighted by molar-refractivity contribution is -0.130. The molecule has 34 heavy (non-hydrogen) atoms. The molecule has 4 nitrogen and oxygen atoms in total. The number of allylic oxidation sites excluding steroid dienone is 9. The van der Waals surface area contributed by atoms with Gasteiger partial charge in [-0.15, -0.1) is 0 Å². The smallest absolute Gasteiger partial charge is 0.186 e. The van der Waals surface area contributed by atoms with E-state index in [0.29, 0.717) is 5.57 Å². The Bertz CT molecular complexity index is 1440. The van der Waals surface area contributed by atoms with Crippen molar-refractivity contribution in [3.8, 4) is 0 Å². The van der Waals surface area contributed by atoms with Crippen molar-refractivity contribution in [2.75, 3.05) is 0 Å². The fraction of sp³-hybridized carbons (Fsp3) is 0.133. The minimum absolute atomic E-state index is 0.0977. The van der Waals surface area contributed by atoms with Crippen LogP contribution in [0.5, 0.6) is 0 Å². The van der Waals surface area contributed by atoms with E-state index < -0.39 is 17.1 Å². The van der Waals surface area contributed by atoms with Gasteiger partial charge in [0, 0.05) is 11.1 Å². The van der Waals surface area contributed by atoms with Crippen molar-refractivity contribution in [2.24, 2.45) is 11.3 Å². The Labute approximate surface area is 197 Å². The number of aryl methyl sites for hydroxylation is 2. The van der Waals surface area contributed by atoms with Gasteiger partial charge in [-0.05, 0) is 60.9 Å². The predicted octanol–water partition coefficient (Wildman–Crippen LogP) is 4.73. The molecule has 2 atom stereocenters. The molecule has 0 spiro atoms. The third-order valence-electron chi connectivity index (χ3n) is 6.69. The summed E-state index contributed by atoms with van der Waals surface area (Å²) in [5.74, 6) is -2.52. The van der Waals surface area contributed by atoms with E-state index in [1.807, 2.05) is 68.5 Å². The van der Waals surface area contributed by atoms with Crippen LogP contribution in [0, 0.1) is 25.2 Å². The van der Waals surface area contributed by atoms with Gasteiger partial charge < -0.3 is 0 Å². The lowest BCUT2D eigenvalue weighted by Gasteiger charge is -2.44. The Hall–Kier alpha value is -4.18. The summed E-state index contributed by atoms with van der Waals surface area (Å²) in [7, 11) is 0. The standard InChI is InChI=1S/C30H22O4/c1-18-5-3-7-20(15-18)13-14-30-23(21-8-4-6-19(2)16-21)17-22-24(31)9-10-25(32)28(22)29(30)26(33)11-12-27(30)34/h3-17,29H,1-2H3/b14-13+. The molecular weight excluding hydrogens is 424 g/mol. The molecule has 2 aromatic carbocycles. The van der Waals surface area contributed by atoms with Crippen molar-refractivity contribution >= 4 is 34.8 Å². The fourth-order valence-corrected chi connectivity index (χ4v) is 5.13. The number of carbonyl (C=O) groups excluding carboxylic acids is 4. The molecule has 0 heterocycles. The number of carbonyl (C=O) groups is 4. The van der Waals surface area contributed by atoms with Gasteiger partial charge in [-0.3, -0.25) is 19.2 Å². The highest BCUT2D eigenvalue weighted by atomic mass is 16.1.